The number of benzene rings is 3. The van der Waals surface area contributed by atoms with E-state index in [2.05, 4.69) is 64.2 Å². The van der Waals surface area contributed by atoms with Crippen molar-refractivity contribution in [2.45, 2.75) is 12.5 Å². The Kier molecular flexibility index (Phi) is 10.2. The van der Waals surface area contributed by atoms with E-state index < -0.39 is 0 Å². The molecule has 3 rings (SSSR count). The van der Waals surface area contributed by atoms with Gasteiger partial charge in [0, 0.05) is 45.7 Å². The minimum atomic E-state index is 0. The maximum atomic E-state index is 12.0. The van der Waals surface area contributed by atoms with Gasteiger partial charge in [-0.3, -0.25) is 9.79 Å². The molecule has 0 heterocycles. The van der Waals surface area contributed by atoms with Gasteiger partial charge in [-0.15, -0.1) is 24.0 Å². The summed E-state index contributed by atoms with van der Waals surface area (Å²) in [4.78, 5) is 18.0. The van der Waals surface area contributed by atoms with Crippen LogP contribution in [0.4, 0.5) is 0 Å². The van der Waals surface area contributed by atoms with Crippen LogP contribution in [0.5, 0.6) is 0 Å². The number of hydrogen-bond donors (Lipinski definition) is 2. The summed E-state index contributed by atoms with van der Waals surface area (Å²) >= 11 is 0. The Morgan fingerprint density at radius 2 is 1.38 bits per heavy atom. The van der Waals surface area contributed by atoms with E-state index in [0.29, 0.717) is 12.1 Å². The molecule has 2 N–H and O–H groups in total. The number of hydrogen-bond acceptors (Lipinski definition) is 2. The smallest absolute Gasteiger partial charge is 0.253 e. The van der Waals surface area contributed by atoms with E-state index in [1.807, 2.05) is 36.4 Å². The van der Waals surface area contributed by atoms with Gasteiger partial charge in [-0.1, -0.05) is 72.8 Å². The van der Waals surface area contributed by atoms with Crippen LogP contribution in [0.25, 0.3) is 0 Å². The Hall–Kier alpha value is -2.87. The van der Waals surface area contributed by atoms with Crippen molar-refractivity contribution in [2.75, 3.05) is 27.7 Å². The zero-order valence-corrected chi connectivity index (χ0v) is 21.1. The standard InChI is InChI=1S/C26H30N4O.HI/c1-27-26(28-18-20-14-16-23(17-15-20)25(31)30(2)3)29-19-24(21-10-6-4-7-11-21)22-12-8-5-9-13-22;/h4-17,24H,18-19H2,1-3H3,(H2,27,28,29);1H. The van der Waals surface area contributed by atoms with Crippen LogP contribution in [-0.4, -0.2) is 44.5 Å². The normalized spacial score (nSPS) is 10.9. The third kappa shape index (κ3) is 7.09. The summed E-state index contributed by atoms with van der Waals surface area (Å²) in [6.45, 7) is 1.35. The fourth-order valence-electron chi connectivity index (χ4n) is 3.43. The third-order valence-corrected chi connectivity index (χ3v) is 5.17. The number of nitrogens with zero attached hydrogens (tertiary/aromatic N) is 2. The van der Waals surface area contributed by atoms with Crippen molar-refractivity contribution in [1.29, 1.82) is 0 Å². The number of rotatable bonds is 7. The highest BCUT2D eigenvalue weighted by Crippen LogP contribution is 2.23. The van der Waals surface area contributed by atoms with Crippen molar-refractivity contribution in [3.05, 3.63) is 107 Å². The molecule has 1 amide bonds. The summed E-state index contributed by atoms with van der Waals surface area (Å²) in [5, 5.41) is 6.82. The monoisotopic (exact) mass is 542 g/mol. The lowest BCUT2D eigenvalue weighted by atomic mass is 9.91. The van der Waals surface area contributed by atoms with Gasteiger partial charge >= 0.3 is 0 Å². The maximum Gasteiger partial charge on any atom is 0.253 e. The molecule has 0 aliphatic carbocycles. The van der Waals surface area contributed by atoms with Crippen LogP contribution >= 0.6 is 24.0 Å². The molecule has 0 spiro atoms. The molecule has 6 heteroatoms. The average molecular weight is 542 g/mol. The van der Waals surface area contributed by atoms with Gasteiger partial charge < -0.3 is 15.5 Å². The second-order valence-electron chi connectivity index (χ2n) is 7.58. The van der Waals surface area contributed by atoms with Crippen molar-refractivity contribution < 1.29 is 4.79 Å². The summed E-state index contributed by atoms with van der Waals surface area (Å²) in [6, 6.07) is 28.6. The van der Waals surface area contributed by atoms with Crippen LogP contribution in [0.2, 0.25) is 0 Å². The first-order valence-electron chi connectivity index (χ1n) is 10.4. The fourth-order valence-corrected chi connectivity index (χ4v) is 3.43. The summed E-state index contributed by atoms with van der Waals surface area (Å²) in [6.07, 6.45) is 0. The largest absolute Gasteiger partial charge is 0.355 e. The lowest BCUT2D eigenvalue weighted by Crippen LogP contribution is -2.39. The molecule has 0 aliphatic rings. The predicted octanol–water partition coefficient (Wildman–Crippen LogP) is 4.50. The van der Waals surface area contributed by atoms with Gasteiger partial charge in [-0.05, 0) is 28.8 Å². The molecule has 32 heavy (non-hydrogen) atoms. The quantitative estimate of drug-likeness (QED) is 0.263. The summed E-state index contributed by atoms with van der Waals surface area (Å²) < 4.78 is 0. The van der Waals surface area contributed by atoms with E-state index >= 15 is 0 Å². The number of nitrogens with one attached hydrogen (secondary N) is 2. The summed E-state index contributed by atoms with van der Waals surface area (Å²) in [5.41, 5.74) is 4.29. The molecule has 168 valence electrons. The SMILES string of the molecule is CN=C(NCc1ccc(C(=O)N(C)C)cc1)NCC(c1ccccc1)c1ccccc1.I. The Bertz CT molecular complexity index is 950. The lowest BCUT2D eigenvalue weighted by molar-refractivity contribution is 0.0827. The van der Waals surface area contributed by atoms with Gasteiger partial charge in [0.15, 0.2) is 5.96 Å². The molecule has 0 bridgehead atoms. The second kappa shape index (κ2) is 12.9. The van der Waals surface area contributed by atoms with E-state index in [0.717, 1.165) is 18.1 Å². The average Bonchev–Trinajstić information content (AvgIpc) is 2.82. The maximum absolute atomic E-state index is 12.0. The second-order valence-corrected chi connectivity index (χ2v) is 7.58. The molecule has 3 aromatic carbocycles. The van der Waals surface area contributed by atoms with Crippen molar-refractivity contribution in [2.24, 2.45) is 4.99 Å². The molecular formula is C26H31IN4O. The van der Waals surface area contributed by atoms with Crippen molar-refractivity contribution in [3.63, 3.8) is 0 Å². The molecular weight excluding hydrogens is 511 g/mol. The molecule has 0 radical (unpaired) electrons. The number of aliphatic imine (C=N–C) groups is 1. The Morgan fingerprint density at radius 3 is 1.84 bits per heavy atom. The van der Waals surface area contributed by atoms with E-state index in [4.69, 9.17) is 0 Å². The molecule has 0 saturated heterocycles. The summed E-state index contributed by atoms with van der Waals surface area (Å²) in [7, 11) is 5.28. The molecule has 3 aromatic rings. The van der Waals surface area contributed by atoms with Gasteiger partial charge in [-0.2, -0.15) is 0 Å². The Labute approximate surface area is 208 Å². The zero-order valence-electron chi connectivity index (χ0n) is 18.8. The van der Waals surface area contributed by atoms with Gasteiger partial charge in [0.05, 0.1) is 0 Å². The molecule has 5 nitrogen and oxygen atoms in total. The van der Waals surface area contributed by atoms with Crippen LogP contribution in [0.3, 0.4) is 0 Å². The number of halogens is 1. The fraction of sp³-hybridized carbons (Fsp3) is 0.231. The minimum absolute atomic E-state index is 0. The van der Waals surface area contributed by atoms with Crippen LogP contribution in [0.1, 0.15) is 33.0 Å². The first-order valence-corrected chi connectivity index (χ1v) is 10.4. The highest BCUT2D eigenvalue weighted by atomic mass is 127. The predicted molar refractivity (Wildman–Crippen MR) is 143 cm³/mol. The Balaban J connectivity index is 0.00000363. The van der Waals surface area contributed by atoms with Crippen LogP contribution in [-0.2, 0) is 6.54 Å². The van der Waals surface area contributed by atoms with E-state index in [-0.39, 0.29) is 35.8 Å². The lowest BCUT2D eigenvalue weighted by Gasteiger charge is -2.20. The summed E-state index contributed by atoms with van der Waals surface area (Å²) in [5.74, 6) is 0.965. The topological polar surface area (TPSA) is 56.7 Å². The first kappa shape index (κ1) is 25.4. The van der Waals surface area contributed by atoms with E-state index in [9.17, 15) is 4.79 Å². The van der Waals surface area contributed by atoms with Gasteiger partial charge in [0.1, 0.15) is 0 Å². The van der Waals surface area contributed by atoms with Crippen molar-refractivity contribution in [3.8, 4) is 0 Å². The molecule has 0 aliphatic heterocycles. The number of guanidine groups is 1. The molecule has 0 aromatic heterocycles. The Morgan fingerprint density at radius 1 is 0.844 bits per heavy atom. The zero-order chi connectivity index (χ0) is 22.1. The van der Waals surface area contributed by atoms with E-state index in [1.54, 1.807) is 26.0 Å². The molecule has 0 unspecified atom stereocenters. The van der Waals surface area contributed by atoms with Gasteiger partial charge in [0.25, 0.3) is 5.91 Å². The first-order chi connectivity index (χ1) is 15.1. The number of carbonyl (C=O) groups is 1. The van der Waals surface area contributed by atoms with Crippen molar-refractivity contribution >= 4 is 35.8 Å². The van der Waals surface area contributed by atoms with Crippen LogP contribution in [0.15, 0.2) is 89.9 Å². The molecule has 0 saturated carbocycles. The highest BCUT2D eigenvalue weighted by Gasteiger charge is 2.14. The molecule has 0 atom stereocenters. The minimum Gasteiger partial charge on any atom is -0.355 e. The number of carbonyl (C=O) groups excluding carboxylic acids is 1. The molecule has 0 fully saturated rings. The van der Waals surface area contributed by atoms with Crippen LogP contribution in [0, 0.1) is 0 Å². The number of amides is 1. The third-order valence-electron chi connectivity index (χ3n) is 5.17. The van der Waals surface area contributed by atoms with Gasteiger partial charge in [0.2, 0.25) is 0 Å². The van der Waals surface area contributed by atoms with E-state index in [1.165, 1.54) is 11.1 Å². The highest BCUT2D eigenvalue weighted by molar-refractivity contribution is 14.0. The van der Waals surface area contributed by atoms with Crippen LogP contribution < -0.4 is 10.6 Å². The van der Waals surface area contributed by atoms with Crippen molar-refractivity contribution in [1.82, 2.24) is 15.5 Å². The van der Waals surface area contributed by atoms with Gasteiger partial charge in [-0.25, -0.2) is 0 Å².